The van der Waals surface area contributed by atoms with E-state index < -0.39 is 21.7 Å². The van der Waals surface area contributed by atoms with Gasteiger partial charge in [0.25, 0.3) is 15.9 Å². The number of sulfonamides is 1. The van der Waals surface area contributed by atoms with Gasteiger partial charge >= 0.3 is 0 Å². The summed E-state index contributed by atoms with van der Waals surface area (Å²) in [5.41, 5.74) is 2.52. The van der Waals surface area contributed by atoms with Crippen molar-refractivity contribution in [1.29, 1.82) is 0 Å². The Morgan fingerprint density at radius 1 is 0.943 bits per heavy atom. The van der Waals surface area contributed by atoms with E-state index in [1.165, 1.54) is 29.2 Å². The van der Waals surface area contributed by atoms with Crippen LogP contribution in [0.5, 0.6) is 0 Å². The number of hydrogen-bond donors (Lipinski definition) is 2. The molecule has 0 saturated heterocycles. The lowest BCUT2D eigenvalue weighted by atomic mass is 10.1. The van der Waals surface area contributed by atoms with Crippen molar-refractivity contribution in [1.82, 2.24) is 4.90 Å². The van der Waals surface area contributed by atoms with Gasteiger partial charge in [-0.2, -0.15) is 0 Å². The van der Waals surface area contributed by atoms with Crippen LogP contribution >= 0.6 is 0 Å². The first-order chi connectivity index (χ1) is 16.6. The Kier molecular flexibility index (Phi) is 8.24. The Labute approximate surface area is 205 Å². The molecule has 35 heavy (non-hydrogen) atoms. The van der Waals surface area contributed by atoms with Crippen molar-refractivity contribution < 1.29 is 22.4 Å². The maximum absolute atomic E-state index is 13.4. The SMILES string of the molecule is CCCN(CC(=O)Nc1ccccc1C)C(=O)c1cc(S(=O)(=O)Nc2ccc(F)cc2)ccc1C. The van der Waals surface area contributed by atoms with E-state index >= 15 is 0 Å². The molecule has 0 saturated carbocycles. The third-order valence-electron chi connectivity index (χ3n) is 5.38. The Hall–Kier alpha value is -3.72. The van der Waals surface area contributed by atoms with Crippen molar-refractivity contribution in [3.05, 3.63) is 89.2 Å². The van der Waals surface area contributed by atoms with Crippen LogP contribution in [0.15, 0.2) is 71.6 Å². The highest BCUT2D eigenvalue weighted by atomic mass is 32.2. The Balaban J connectivity index is 1.82. The molecule has 2 N–H and O–H groups in total. The first kappa shape index (κ1) is 25.9. The van der Waals surface area contributed by atoms with E-state index in [0.29, 0.717) is 24.2 Å². The Bertz CT molecular complexity index is 1320. The number of para-hydroxylation sites is 1. The molecule has 0 aliphatic rings. The van der Waals surface area contributed by atoms with Gasteiger partial charge in [0.1, 0.15) is 12.4 Å². The van der Waals surface area contributed by atoms with Crippen molar-refractivity contribution >= 4 is 33.2 Å². The van der Waals surface area contributed by atoms with Crippen LogP contribution < -0.4 is 10.0 Å². The molecule has 0 spiro atoms. The van der Waals surface area contributed by atoms with Crippen molar-refractivity contribution in [3.63, 3.8) is 0 Å². The molecule has 0 aromatic heterocycles. The van der Waals surface area contributed by atoms with Crippen LogP contribution in [-0.2, 0) is 14.8 Å². The predicted molar refractivity (Wildman–Crippen MR) is 134 cm³/mol. The molecule has 0 atom stereocenters. The topological polar surface area (TPSA) is 95.6 Å². The van der Waals surface area contributed by atoms with Gasteiger partial charge in [0.15, 0.2) is 0 Å². The molecule has 184 valence electrons. The first-order valence-corrected chi connectivity index (χ1v) is 12.6. The highest BCUT2D eigenvalue weighted by molar-refractivity contribution is 7.92. The van der Waals surface area contributed by atoms with Crippen LogP contribution in [0.4, 0.5) is 15.8 Å². The molecular formula is C26H28FN3O4S. The van der Waals surface area contributed by atoms with Crippen LogP contribution in [-0.4, -0.2) is 38.2 Å². The molecule has 3 aromatic rings. The number of carbonyl (C=O) groups is 2. The number of benzene rings is 3. The second kappa shape index (κ2) is 11.1. The summed E-state index contributed by atoms with van der Waals surface area (Å²) in [4.78, 5) is 27.3. The average Bonchev–Trinajstić information content (AvgIpc) is 2.81. The summed E-state index contributed by atoms with van der Waals surface area (Å²) in [6.45, 7) is 5.61. The minimum atomic E-state index is -4.03. The number of hydrogen-bond acceptors (Lipinski definition) is 4. The van der Waals surface area contributed by atoms with E-state index in [9.17, 15) is 22.4 Å². The summed E-state index contributed by atoms with van der Waals surface area (Å²) in [6, 6.07) is 16.5. The molecule has 7 nitrogen and oxygen atoms in total. The van der Waals surface area contributed by atoms with Gasteiger partial charge in [-0.3, -0.25) is 14.3 Å². The number of aryl methyl sites for hydroxylation is 2. The molecule has 9 heteroatoms. The Morgan fingerprint density at radius 3 is 2.29 bits per heavy atom. The molecule has 0 fully saturated rings. The number of carbonyl (C=O) groups excluding carboxylic acids is 2. The zero-order chi connectivity index (χ0) is 25.6. The Morgan fingerprint density at radius 2 is 1.63 bits per heavy atom. The zero-order valence-electron chi connectivity index (χ0n) is 19.8. The lowest BCUT2D eigenvalue weighted by molar-refractivity contribution is -0.116. The molecule has 0 aliphatic heterocycles. The molecule has 0 bridgehead atoms. The average molecular weight is 498 g/mol. The molecule has 3 rings (SSSR count). The summed E-state index contributed by atoms with van der Waals surface area (Å²) in [5, 5.41) is 2.82. The number of nitrogens with zero attached hydrogens (tertiary/aromatic N) is 1. The standard InChI is InChI=1S/C26H28FN3O4S/c1-4-15-30(17-25(31)28-24-8-6-5-7-19(24)3)26(32)23-16-22(14-9-18(23)2)35(33,34)29-21-12-10-20(27)11-13-21/h5-14,16,29H,4,15,17H2,1-3H3,(H,28,31). The van der Waals surface area contributed by atoms with Gasteiger partial charge < -0.3 is 10.2 Å². The lowest BCUT2D eigenvalue weighted by Crippen LogP contribution is -2.39. The van der Waals surface area contributed by atoms with Crippen molar-refractivity contribution in [2.24, 2.45) is 0 Å². The van der Waals surface area contributed by atoms with Gasteiger partial charge in [0.2, 0.25) is 5.91 Å². The van der Waals surface area contributed by atoms with Crippen LogP contribution in [0.2, 0.25) is 0 Å². The van der Waals surface area contributed by atoms with Gasteiger partial charge in [0.05, 0.1) is 4.90 Å². The molecule has 2 amide bonds. The number of rotatable bonds is 9. The zero-order valence-corrected chi connectivity index (χ0v) is 20.7. The number of nitrogens with one attached hydrogen (secondary N) is 2. The molecule has 0 unspecified atom stereocenters. The maximum Gasteiger partial charge on any atom is 0.261 e. The van der Waals surface area contributed by atoms with E-state index in [0.717, 1.165) is 17.7 Å². The summed E-state index contributed by atoms with van der Waals surface area (Å²) >= 11 is 0. The van der Waals surface area contributed by atoms with Gasteiger partial charge in [-0.05, 0) is 73.9 Å². The molecule has 0 radical (unpaired) electrons. The van der Waals surface area contributed by atoms with Crippen molar-refractivity contribution in [3.8, 4) is 0 Å². The number of halogens is 1. The van der Waals surface area contributed by atoms with E-state index in [-0.39, 0.29) is 28.6 Å². The van der Waals surface area contributed by atoms with Crippen molar-refractivity contribution in [2.45, 2.75) is 32.1 Å². The number of amides is 2. The fourth-order valence-corrected chi connectivity index (χ4v) is 4.58. The third kappa shape index (κ3) is 6.66. The fourth-order valence-electron chi connectivity index (χ4n) is 3.50. The highest BCUT2D eigenvalue weighted by Gasteiger charge is 2.23. The largest absolute Gasteiger partial charge is 0.329 e. The summed E-state index contributed by atoms with van der Waals surface area (Å²) in [7, 11) is -4.03. The molecule has 3 aromatic carbocycles. The molecule has 0 heterocycles. The monoisotopic (exact) mass is 497 g/mol. The molecule has 0 aliphatic carbocycles. The lowest BCUT2D eigenvalue weighted by Gasteiger charge is -2.23. The normalized spacial score (nSPS) is 11.1. The van der Waals surface area contributed by atoms with Crippen LogP contribution in [0.1, 0.15) is 34.8 Å². The van der Waals surface area contributed by atoms with E-state index in [4.69, 9.17) is 0 Å². The first-order valence-electron chi connectivity index (χ1n) is 11.1. The van der Waals surface area contributed by atoms with Gasteiger partial charge in [0, 0.05) is 23.5 Å². The van der Waals surface area contributed by atoms with Gasteiger partial charge in [-0.15, -0.1) is 0 Å². The van der Waals surface area contributed by atoms with E-state index in [2.05, 4.69) is 10.0 Å². The highest BCUT2D eigenvalue weighted by Crippen LogP contribution is 2.21. The van der Waals surface area contributed by atoms with Crippen LogP contribution in [0.25, 0.3) is 0 Å². The smallest absolute Gasteiger partial charge is 0.261 e. The van der Waals surface area contributed by atoms with E-state index in [1.54, 1.807) is 19.1 Å². The quantitative estimate of drug-likeness (QED) is 0.447. The molecular weight excluding hydrogens is 469 g/mol. The van der Waals surface area contributed by atoms with Crippen LogP contribution in [0, 0.1) is 19.7 Å². The maximum atomic E-state index is 13.4. The summed E-state index contributed by atoms with van der Waals surface area (Å²) in [6.07, 6.45) is 0.618. The van der Waals surface area contributed by atoms with Gasteiger partial charge in [-0.1, -0.05) is 31.2 Å². The predicted octanol–water partition coefficient (Wildman–Crippen LogP) is 4.73. The third-order valence-corrected chi connectivity index (χ3v) is 6.76. The minimum absolute atomic E-state index is 0.114. The minimum Gasteiger partial charge on any atom is -0.329 e. The van der Waals surface area contributed by atoms with Crippen LogP contribution in [0.3, 0.4) is 0 Å². The van der Waals surface area contributed by atoms with Gasteiger partial charge in [-0.25, -0.2) is 12.8 Å². The van der Waals surface area contributed by atoms with Crippen molar-refractivity contribution in [2.75, 3.05) is 23.1 Å². The second-order valence-corrected chi connectivity index (χ2v) is 9.86. The summed E-state index contributed by atoms with van der Waals surface area (Å²) < 4.78 is 41.3. The fraction of sp³-hybridized carbons (Fsp3) is 0.231. The second-order valence-electron chi connectivity index (χ2n) is 8.18. The number of anilines is 2. The summed E-state index contributed by atoms with van der Waals surface area (Å²) in [5.74, 6) is -1.28. The van der Waals surface area contributed by atoms with E-state index in [1.807, 2.05) is 32.0 Å².